The number of halogens is 1. The molecule has 0 heterocycles. The number of rotatable bonds is 6. The highest BCUT2D eigenvalue weighted by Crippen LogP contribution is 2.26. The number of aliphatic carboxylic acids is 1. The molecule has 0 unspecified atom stereocenters. The Bertz CT molecular complexity index is 798. The van der Waals surface area contributed by atoms with E-state index in [-0.39, 0.29) is 30.3 Å². The van der Waals surface area contributed by atoms with Crippen LogP contribution in [0.2, 0.25) is 0 Å². The molecule has 0 aliphatic heterocycles. The van der Waals surface area contributed by atoms with Crippen molar-refractivity contribution >= 4 is 11.9 Å². The van der Waals surface area contributed by atoms with Gasteiger partial charge in [0.2, 0.25) is 0 Å². The third-order valence-electron chi connectivity index (χ3n) is 4.85. The highest BCUT2D eigenvalue weighted by Gasteiger charge is 2.27. The Hall–Kier alpha value is -2.89. The second kappa shape index (κ2) is 8.66. The molecule has 0 spiro atoms. The molecule has 1 amide bonds. The molecule has 2 aromatic rings. The molecule has 5 nitrogen and oxygen atoms in total. The van der Waals surface area contributed by atoms with Crippen LogP contribution in [-0.2, 0) is 11.4 Å². The second-order valence-electron chi connectivity index (χ2n) is 6.77. The molecule has 1 aliphatic rings. The summed E-state index contributed by atoms with van der Waals surface area (Å²) in [4.78, 5) is 23.7. The van der Waals surface area contributed by atoms with Gasteiger partial charge in [0.15, 0.2) is 0 Å². The van der Waals surface area contributed by atoms with Gasteiger partial charge in [-0.3, -0.25) is 9.59 Å². The van der Waals surface area contributed by atoms with Crippen LogP contribution in [0.1, 0.15) is 41.6 Å². The summed E-state index contributed by atoms with van der Waals surface area (Å²) >= 11 is 0. The van der Waals surface area contributed by atoms with E-state index in [0.717, 1.165) is 5.56 Å². The number of carboxylic acids is 1. The lowest BCUT2D eigenvalue weighted by molar-refractivity contribution is -0.142. The van der Waals surface area contributed by atoms with E-state index in [0.29, 0.717) is 37.0 Å². The number of benzene rings is 2. The van der Waals surface area contributed by atoms with E-state index in [2.05, 4.69) is 5.32 Å². The standard InChI is InChI=1S/C21H22FNO4/c22-16-9-5-14(6-10-16)13-27-19-4-2-1-3-18(19)20(24)23-17-11-7-15(8-12-17)21(25)26/h1-6,9-10,15,17H,7-8,11-13H2,(H,23,24)(H,25,26). The zero-order chi connectivity index (χ0) is 19.2. The minimum absolute atomic E-state index is 0.0294. The fraction of sp³-hybridized carbons (Fsp3) is 0.333. The molecule has 1 saturated carbocycles. The summed E-state index contributed by atoms with van der Waals surface area (Å²) in [6, 6.07) is 12.9. The van der Waals surface area contributed by atoms with Crippen LogP contribution in [0.15, 0.2) is 48.5 Å². The molecular weight excluding hydrogens is 349 g/mol. The average Bonchev–Trinajstić information content (AvgIpc) is 2.68. The Balaban J connectivity index is 1.60. The first-order valence-corrected chi connectivity index (χ1v) is 9.03. The van der Waals surface area contributed by atoms with Crippen molar-refractivity contribution in [1.29, 1.82) is 0 Å². The average molecular weight is 371 g/mol. The van der Waals surface area contributed by atoms with Crippen molar-refractivity contribution in [1.82, 2.24) is 5.32 Å². The van der Waals surface area contributed by atoms with E-state index in [1.165, 1.54) is 12.1 Å². The summed E-state index contributed by atoms with van der Waals surface area (Å²) in [6.07, 6.45) is 2.45. The van der Waals surface area contributed by atoms with E-state index >= 15 is 0 Å². The van der Waals surface area contributed by atoms with Gasteiger partial charge in [0, 0.05) is 6.04 Å². The van der Waals surface area contributed by atoms with Crippen molar-refractivity contribution in [3.05, 3.63) is 65.5 Å². The SMILES string of the molecule is O=C(NC1CCC(C(=O)O)CC1)c1ccccc1OCc1ccc(F)cc1. The van der Waals surface area contributed by atoms with Gasteiger partial charge >= 0.3 is 5.97 Å². The third kappa shape index (κ3) is 5.06. The first-order valence-electron chi connectivity index (χ1n) is 9.03. The Labute approximate surface area is 157 Å². The molecule has 2 N–H and O–H groups in total. The second-order valence-corrected chi connectivity index (χ2v) is 6.77. The molecule has 0 radical (unpaired) electrons. The fourth-order valence-corrected chi connectivity index (χ4v) is 3.27. The zero-order valence-corrected chi connectivity index (χ0v) is 14.9. The van der Waals surface area contributed by atoms with Gasteiger partial charge in [0.1, 0.15) is 18.2 Å². The molecule has 0 aromatic heterocycles. The van der Waals surface area contributed by atoms with Gasteiger partial charge < -0.3 is 15.2 Å². The molecule has 0 atom stereocenters. The fourth-order valence-electron chi connectivity index (χ4n) is 3.27. The summed E-state index contributed by atoms with van der Waals surface area (Å²) in [7, 11) is 0. The van der Waals surface area contributed by atoms with E-state index in [9.17, 15) is 14.0 Å². The minimum atomic E-state index is -0.765. The number of carbonyl (C=O) groups is 2. The number of ether oxygens (including phenoxy) is 1. The maximum absolute atomic E-state index is 13.0. The van der Waals surface area contributed by atoms with E-state index in [1.54, 1.807) is 36.4 Å². The van der Waals surface area contributed by atoms with Gasteiger partial charge in [-0.25, -0.2) is 4.39 Å². The van der Waals surface area contributed by atoms with Crippen LogP contribution in [0.5, 0.6) is 5.75 Å². The van der Waals surface area contributed by atoms with Gasteiger partial charge in [-0.1, -0.05) is 24.3 Å². The molecule has 0 saturated heterocycles. The van der Waals surface area contributed by atoms with Gasteiger partial charge in [-0.2, -0.15) is 0 Å². The summed E-state index contributed by atoms with van der Waals surface area (Å²) in [5.41, 5.74) is 1.23. The summed E-state index contributed by atoms with van der Waals surface area (Å²) in [5.74, 6) is -1.16. The molecule has 6 heteroatoms. The van der Waals surface area contributed by atoms with Gasteiger partial charge in [-0.05, 0) is 55.5 Å². The van der Waals surface area contributed by atoms with Crippen LogP contribution in [-0.4, -0.2) is 23.0 Å². The van der Waals surface area contributed by atoms with Crippen LogP contribution >= 0.6 is 0 Å². The third-order valence-corrected chi connectivity index (χ3v) is 4.85. The molecule has 2 aromatic carbocycles. The van der Waals surface area contributed by atoms with Gasteiger partial charge in [-0.15, -0.1) is 0 Å². The molecule has 0 bridgehead atoms. The smallest absolute Gasteiger partial charge is 0.306 e. The Morgan fingerprint density at radius 1 is 1.04 bits per heavy atom. The number of nitrogens with one attached hydrogen (secondary N) is 1. The Morgan fingerprint density at radius 3 is 2.37 bits per heavy atom. The number of amides is 1. The van der Waals surface area contributed by atoms with E-state index < -0.39 is 5.97 Å². The largest absolute Gasteiger partial charge is 0.488 e. The van der Waals surface area contributed by atoms with E-state index in [4.69, 9.17) is 9.84 Å². The van der Waals surface area contributed by atoms with Crippen LogP contribution in [0.4, 0.5) is 4.39 Å². The zero-order valence-electron chi connectivity index (χ0n) is 14.9. The number of carbonyl (C=O) groups excluding carboxylic acids is 1. The van der Waals surface area contributed by atoms with Crippen LogP contribution in [0.25, 0.3) is 0 Å². The number of hydrogen-bond donors (Lipinski definition) is 2. The van der Waals surface area contributed by atoms with Crippen LogP contribution in [0.3, 0.4) is 0 Å². The molecule has 1 fully saturated rings. The van der Waals surface area contributed by atoms with Crippen LogP contribution in [0, 0.1) is 11.7 Å². The molecule has 3 rings (SSSR count). The number of carboxylic acid groups (broad SMARTS) is 1. The van der Waals surface area contributed by atoms with E-state index in [1.807, 2.05) is 0 Å². The van der Waals surface area contributed by atoms with Crippen molar-refractivity contribution in [2.75, 3.05) is 0 Å². The first kappa shape index (κ1) is 18.9. The van der Waals surface area contributed by atoms with Crippen molar-refractivity contribution in [3.8, 4) is 5.75 Å². The van der Waals surface area contributed by atoms with Gasteiger partial charge in [0.25, 0.3) is 5.91 Å². The highest BCUT2D eigenvalue weighted by atomic mass is 19.1. The molecule has 1 aliphatic carbocycles. The van der Waals surface area contributed by atoms with Crippen LogP contribution < -0.4 is 10.1 Å². The predicted molar refractivity (Wildman–Crippen MR) is 98.0 cm³/mol. The van der Waals surface area contributed by atoms with Crippen molar-refractivity contribution in [2.45, 2.75) is 38.3 Å². The normalized spacial score (nSPS) is 19.3. The summed E-state index contributed by atoms with van der Waals surface area (Å²) in [5, 5.41) is 12.0. The molecular formula is C21H22FNO4. The molecule has 27 heavy (non-hydrogen) atoms. The lowest BCUT2D eigenvalue weighted by Gasteiger charge is -2.27. The number of hydrogen-bond acceptors (Lipinski definition) is 3. The Morgan fingerprint density at radius 2 is 1.70 bits per heavy atom. The topological polar surface area (TPSA) is 75.6 Å². The quantitative estimate of drug-likeness (QED) is 0.810. The molecule has 142 valence electrons. The maximum Gasteiger partial charge on any atom is 0.306 e. The highest BCUT2D eigenvalue weighted by molar-refractivity contribution is 5.97. The predicted octanol–water partition coefficient (Wildman–Crippen LogP) is 3.78. The van der Waals surface area contributed by atoms with Crippen molar-refractivity contribution in [3.63, 3.8) is 0 Å². The summed E-state index contributed by atoms with van der Waals surface area (Å²) < 4.78 is 18.7. The minimum Gasteiger partial charge on any atom is -0.488 e. The lowest BCUT2D eigenvalue weighted by Crippen LogP contribution is -2.38. The van der Waals surface area contributed by atoms with Crippen molar-refractivity contribution in [2.24, 2.45) is 5.92 Å². The van der Waals surface area contributed by atoms with Crippen molar-refractivity contribution < 1.29 is 23.8 Å². The van der Waals surface area contributed by atoms with Gasteiger partial charge in [0.05, 0.1) is 11.5 Å². The number of para-hydroxylation sites is 1. The maximum atomic E-state index is 13.0. The Kier molecular flexibility index (Phi) is 6.06. The first-order chi connectivity index (χ1) is 13.0. The monoisotopic (exact) mass is 371 g/mol. The summed E-state index contributed by atoms with van der Waals surface area (Å²) in [6.45, 7) is 0.230. The lowest BCUT2D eigenvalue weighted by atomic mass is 9.86.